The summed E-state index contributed by atoms with van der Waals surface area (Å²) in [7, 11) is -4.56. The van der Waals surface area contributed by atoms with Gasteiger partial charge in [0.2, 0.25) is 9.84 Å². The first-order valence-corrected chi connectivity index (χ1v) is 10.1. The number of halogens is 2. The number of nitrogens with zero attached hydrogens (tertiary/aromatic N) is 1. The molecule has 2 aromatic rings. The number of fused-ring (bicyclic) bond motifs is 2. The van der Waals surface area contributed by atoms with Crippen LogP contribution < -0.4 is 4.90 Å². The number of benzene rings is 2. The van der Waals surface area contributed by atoms with Crippen molar-refractivity contribution in [3.8, 4) is 0 Å². The van der Waals surface area contributed by atoms with Gasteiger partial charge in [0.1, 0.15) is 5.60 Å². The third-order valence-electron chi connectivity index (χ3n) is 5.26. The molecule has 1 aliphatic carbocycles. The molecule has 1 aliphatic heterocycles. The molecule has 1 heterocycles. The Morgan fingerprint density at radius 1 is 1.08 bits per heavy atom. The van der Waals surface area contributed by atoms with Gasteiger partial charge < -0.3 is 9.64 Å². The van der Waals surface area contributed by atoms with Gasteiger partial charge in [-0.1, -0.05) is 24.3 Å². The smallest absolute Gasteiger partial charge is 0.341 e. The molecule has 7 heteroatoms. The first-order valence-electron chi connectivity index (χ1n) is 8.52. The summed E-state index contributed by atoms with van der Waals surface area (Å²) in [5, 5.41) is 0. The van der Waals surface area contributed by atoms with E-state index >= 15 is 0 Å². The largest absolute Gasteiger partial charge is 0.367 e. The minimum atomic E-state index is -4.56. The van der Waals surface area contributed by atoms with E-state index in [1.807, 2.05) is 12.1 Å². The van der Waals surface area contributed by atoms with E-state index in [2.05, 4.69) is 17.0 Å². The van der Waals surface area contributed by atoms with Crippen LogP contribution in [0.1, 0.15) is 17.5 Å². The van der Waals surface area contributed by atoms with Crippen molar-refractivity contribution < 1.29 is 21.9 Å². The Morgan fingerprint density at radius 3 is 2.54 bits per heavy atom. The standard InChI is InChI=1S/C19H19F2NO3S/c20-18(21)26(23,24)16-7-5-15(6-8-16)22-11-12-25-19(13-22)10-9-14-3-1-2-4-17(14)19/h1-8,18H,9-13H2. The molecule has 0 saturated carbocycles. The third kappa shape index (κ3) is 2.79. The summed E-state index contributed by atoms with van der Waals surface area (Å²) in [6.45, 7) is 1.89. The molecule has 2 aromatic carbocycles. The maximum Gasteiger partial charge on any atom is 0.341 e. The molecule has 0 amide bonds. The Bertz CT molecular complexity index is 911. The molecule has 0 aromatic heterocycles. The molecule has 26 heavy (non-hydrogen) atoms. The van der Waals surface area contributed by atoms with E-state index in [9.17, 15) is 17.2 Å². The predicted octanol–water partition coefficient (Wildman–Crippen LogP) is 3.36. The zero-order valence-corrected chi connectivity index (χ0v) is 14.9. The van der Waals surface area contributed by atoms with E-state index in [-0.39, 0.29) is 10.5 Å². The van der Waals surface area contributed by atoms with E-state index in [0.29, 0.717) is 19.7 Å². The van der Waals surface area contributed by atoms with Gasteiger partial charge in [-0.05, 0) is 48.2 Å². The summed E-state index contributed by atoms with van der Waals surface area (Å²) in [6, 6.07) is 14.0. The number of hydrogen-bond acceptors (Lipinski definition) is 4. The summed E-state index contributed by atoms with van der Waals surface area (Å²) in [6.07, 6.45) is 1.87. The van der Waals surface area contributed by atoms with E-state index in [0.717, 1.165) is 18.5 Å². The van der Waals surface area contributed by atoms with Gasteiger partial charge >= 0.3 is 5.76 Å². The summed E-state index contributed by atoms with van der Waals surface area (Å²) in [5.41, 5.74) is 2.96. The zero-order chi connectivity index (χ0) is 18.4. The van der Waals surface area contributed by atoms with Crippen LogP contribution in [0, 0.1) is 0 Å². The van der Waals surface area contributed by atoms with Crippen molar-refractivity contribution in [1.82, 2.24) is 0 Å². The van der Waals surface area contributed by atoms with Crippen LogP contribution in [0.5, 0.6) is 0 Å². The van der Waals surface area contributed by atoms with Gasteiger partial charge in [0.15, 0.2) is 0 Å². The van der Waals surface area contributed by atoms with Crippen molar-refractivity contribution >= 4 is 15.5 Å². The van der Waals surface area contributed by atoms with E-state index in [1.165, 1.54) is 23.3 Å². The Labute approximate surface area is 151 Å². The number of anilines is 1. The fourth-order valence-electron chi connectivity index (χ4n) is 3.92. The van der Waals surface area contributed by atoms with Gasteiger partial charge in [0, 0.05) is 12.2 Å². The topological polar surface area (TPSA) is 46.6 Å². The fraction of sp³-hybridized carbons (Fsp3) is 0.368. The molecule has 1 spiro atoms. The molecule has 2 aliphatic rings. The van der Waals surface area contributed by atoms with Gasteiger partial charge in [-0.25, -0.2) is 8.42 Å². The lowest BCUT2D eigenvalue weighted by atomic mass is 9.93. The zero-order valence-electron chi connectivity index (χ0n) is 14.1. The number of alkyl halides is 2. The molecule has 0 radical (unpaired) electrons. The number of rotatable bonds is 3. The summed E-state index contributed by atoms with van der Waals surface area (Å²) in [4.78, 5) is 1.77. The molecule has 1 unspecified atom stereocenters. The quantitative estimate of drug-likeness (QED) is 0.821. The normalized spacial score (nSPS) is 22.8. The summed E-state index contributed by atoms with van der Waals surface area (Å²) in [5.74, 6) is -3.41. The molecule has 4 nitrogen and oxygen atoms in total. The molecular weight excluding hydrogens is 360 g/mol. The highest BCUT2D eigenvalue weighted by Crippen LogP contribution is 2.43. The first kappa shape index (κ1) is 17.4. The Hall–Kier alpha value is -1.99. The number of hydrogen-bond donors (Lipinski definition) is 0. The number of aryl methyl sites for hydroxylation is 1. The van der Waals surface area contributed by atoms with E-state index < -0.39 is 15.6 Å². The predicted molar refractivity (Wildman–Crippen MR) is 94.2 cm³/mol. The first-order chi connectivity index (χ1) is 12.4. The number of ether oxygens (including phenoxy) is 1. The minimum absolute atomic E-state index is 0.356. The minimum Gasteiger partial charge on any atom is -0.367 e. The van der Waals surface area contributed by atoms with Gasteiger partial charge in [0.05, 0.1) is 18.0 Å². The van der Waals surface area contributed by atoms with Crippen molar-refractivity contribution in [2.24, 2.45) is 0 Å². The van der Waals surface area contributed by atoms with Gasteiger partial charge in [0.25, 0.3) is 0 Å². The molecule has 1 saturated heterocycles. The van der Waals surface area contributed by atoms with Crippen LogP contribution in [0.2, 0.25) is 0 Å². The molecule has 4 rings (SSSR count). The Balaban J connectivity index is 1.60. The molecule has 0 N–H and O–H groups in total. The van der Waals surface area contributed by atoms with Gasteiger partial charge in [-0.15, -0.1) is 0 Å². The SMILES string of the molecule is O=S(=O)(c1ccc(N2CCOC3(CCc4ccccc43)C2)cc1)C(F)F. The highest BCUT2D eigenvalue weighted by Gasteiger charge is 2.43. The van der Waals surface area contributed by atoms with Crippen molar-refractivity contribution in [1.29, 1.82) is 0 Å². The van der Waals surface area contributed by atoms with Gasteiger partial charge in [-0.2, -0.15) is 8.78 Å². The molecule has 1 fully saturated rings. The second-order valence-electron chi connectivity index (χ2n) is 6.72. The average Bonchev–Trinajstić information content (AvgIpc) is 3.00. The lowest BCUT2D eigenvalue weighted by Gasteiger charge is -2.42. The second kappa shape index (κ2) is 6.32. The number of morpholine rings is 1. The van der Waals surface area contributed by atoms with Crippen LogP contribution in [0.3, 0.4) is 0 Å². The maximum atomic E-state index is 12.7. The monoisotopic (exact) mass is 379 g/mol. The van der Waals surface area contributed by atoms with Gasteiger partial charge in [-0.3, -0.25) is 0 Å². The lowest BCUT2D eigenvalue weighted by molar-refractivity contribution is -0.0592. The van der Waals surface area contributed by atoms with E-state index in [4.69, 9.17) is 4.74 Å². The Morgan fingerprint density at radius 2 is 1.81 bits per heavy atom. The summed E-state index contributed by atoms with van der Waals surface area (Å²) >= 11 is 0. The third-order valence-corrected chi connectivity index (χ3v) is 6.66. The van der Waals surface area contributed by atoms with Crippen LogP contribution in [0.15, 0.2) is 53.4 Å². The molecule has 138 valence electrons. The molecule has 1 atom stereocenters. The highest BCUT2D eigenvalue weighted by atomic mass is 32.2. The molecule has 0 bridgehead atoms. The van der Waals surface area contributed by atoms with Crippen molar-refractivity contribution in [3.05, 3.63) is 59.7 Å². The van der Waals surface area contributed by atoms with E-state index in [1.54, 1.807) is 12.1 Å². The lowest BCUT2D eigenvalue weighted by Crippen LogP contribution is -2.49. The van der Waals surface area contributed by atoms with Crippen molar-refractivity contribution in [2.45, 2.75) is 29.1 Å². The number of sulfone groups is 1. The second-order valence-corrected chi connectivity index (χ2v) is 8.64. The van der Waals surface area contributed by atoms with Crippen LogP contribution in [-0.2, 0) is 26.6 Å². The Kier molecular flexibility index (Phi) is 4.23. The van der Waals surface area contributed by atoms with Crippen LogP contribution in [0.25, 0.3) is 0 Å². The van der Waals surface area contributed by atoms with Crippen LogP contribution in [-0.4, -0.2) is 33.9 Å². The fourth-order valence-corrected chi connectivity index (χ4v) is 4.64. The van der Waals surface area contributed by atoms with Crippen molar-refractivity contribution in [2.75, 3.05) is 24.6 Å². The van der Waals surface area contributed by atoms with Crippen LogP contribution >= 0.6 is 0 Å². The average molecular weight is 379 g/mol. The maximum absolute atomic E-state index is 12.7. The van der Waals surface area contributed by atoms with Crippen molar-refractivity contribution in [3.63, 3.8) is 0 Å². The molecular formula is C19H19F2NO3S. The highest BCUT2D eigenvalue weighted by molar-refractivity contribution is 7.91. The summed E-state index contributed by atoms with van der Waals surface area (Å²) < 4.78 is 54.7. The van der Waals surface area contributed by atoms with Crippen LogP contribution in [0.4, 0.5) is 14.5 Å².